The van der Waals surface area contributed by atoms with Crippen molar-refractivity contribution in [2.45, 2.75) is 0 Å². The summed E-state index contributed by atoms with van der Waals surface area (Å²) in [5.41, 5.74) is 11.8. The Morgan fingerprint density at radius 2 is 0.773 bits per heavy atom. The van der Waals surface area contributed by atoms with Crippen molar-refractivity contribution in [3.05, 3.63) is 182 Å². The summed E-state index contributed by atoms with van der Waals surface area (Å²) < 4.78 is 2.36. The number of hydrogen-bond acceptors (Lipinski definition) is 1. The van der Waals surface area contributed by atoms with E-state index in [0.717, 1.165) is 22.7 Å². The molecule has 1 aromatic heterocycles. The van der Waals surface area contributed by atoms with E-state index < -0.39 is 0 Å². The average Bonchev–Trinajstić information content (AvgIpc) is 3.44. The van der Waals surface area contributed by atoms with Gasteiger partial charge in [0.25, 0.3) is 0 Å². The van der Waals surface area contributed by atoms with Crippen LogP contribution in [-0.2, 0) is 0 Å². The lowest BCUT2D eigenvalue weighted by atomic mass is 10.00. The average molecular weight is 563 g/mol. The number of para-hydroxylation sites is 3. The summed E-state index contributed by atoms with van der Waals surface area (Å²) in [7, 11) is 0. The molecular weight excluding hydrogens is 532 g/mol. The van der Waals surface area contributed by atoms with E-state index in [0.29, 0.717) is 0 Å². The summed E-state index contributed by atoms with van der Waals surface area (Å²) >= 11 is 0. The van der Waals surface area contributed by atoms with Crippen molar-refractivity contribution in [3.63, 3.8) is 0 Å². The Hall–Kier alpha value is -5.86. The summed E-state index contributed by atoms with van der Waals surface area (Å²) in [5, 5.41) is 2.54. The first kappa shape index (κ1) is 25.8. The van der Waals surface area contributed by atoms with Gasteiger partial charge in [-0.15, -0.1) is 0 Å². The zero-order valence-corrected chi connectivity index (χ0v) is 24.2. The molecule has 7 aromatic carbocycles. The van der Waals surface area contributed by atoms with Gasteiger partial charge in [0.1, 0.15) is 0 Å². The van der Waals surface area contributed by atoms with E-state index >= 15 is 0 Å². The van der Waals surface area contributed by atoms with Gasteiger partial charge >= 0.3 is 0 Å². The molecule has 0 bridgehead atoms. The summed E-state index contributed by atoms with van der Waals surface area (Å²) in [6, 6.07) is 65.0. The second kappa shape index (κ2) is 11.1. The highest BCUT2D eigenvalue weighted by Gasteiger charge is 2.15. The number of hydrogen-bond donors (Lipinski definition) is 0. The van der Waals surface area contributed by atoms with Gasteiger partial charge in [-0.25, -0.2) is 0 Å². The predicted molar refractivity (Wildman–Crippen MR) is 186 cm³/mol. The summed E-state index contributed by atoms with van der Waals surface area (Å²) in [4.78, 5) is 2.33. The number of nitrogens with zero attached hydrogens (tertiary/aromatic N) is 2. The van der Waals surface area contributed by atoms with Crippen molar-refractivity contribution < 1.29 is 0 Å². The molecule has 0 aliphatic heterocycles. The van der Waals surface area contributed by atoms with Crippen molar-refractivity contribution >= 4 is 38.9 Å². The highest BCUT2D eigenvalue weighted by molar-refractivity contribution is 6.09. The fraction of sp³-hybridized carbons (Fsp3) is 0. The van der Waals surface area contributed by atoms with Gasteiger partial charge in [-0.1, -0.05) is 121 Å². The Morgan fingerprint density at radius 1 is 0.318 bits per heavy atom. The SMILES string of the molecule is c1ccc(-c2ccc(-c3cccc(N(c4ccccc4)c4ccc(-n5c6ccccc6c6ccccc65)cc4)c3)cc2)cc1. The van der Waals surface area contributed by atoms with E-state index in [2.05, 4.69) is 191 Å². The molecule has 8 aromatic rings. The first-order valence-electron chi connectivity index (χ1n) is 15.0. The zero-order valence-electron chi connectivity index (χ0n) is 24.2. The third-order valence-electron chi connectivity index (χ3n) is 8.39. The first-order valence-corrected chi connectivity index (χ1v) is 15.0. The minimum Gasteiger partial charge on any atom is -0.310 e. The molecule has 0 fully saturated rings. The van der Waals surface area contributed by atoms with Crippen LogP contribution in [0.25, 0.3) is 49.7 Å². The Kier molecular flexibility index (Phi) is 6.51. The van der Waals surface area contributed by atoms with Crippen LogP contribution in [0.1, 0.15) is 0 Å². The van der Waals surface area contributed by atoms with Crippen LogP contribution in [0.2, 0.25) is 0 Å². The quantitative estimate of drug-likeness (QED) is 0.196. The molecule has 0 spiro atoms. The molecule has 0 aliphatic carbocycles. The van der Waals surface area contributed by atoms with E-state index in [9.17, 15) is 0 Å². The monoisotopic (exact) mass is 562 g/mol. The third kappa shape index (κ3) is 4.63. The normalized spacial score (nSPS) is 11.2. The van der Waals surface area contributed by atoms with Crippen LogP contribution in [0.15, 0.2) is 182 Å². The minimum atomic E-state index is 1.11. The van der Waals surface area contributed by atoms with Crippen LogP contribution >= 0.6 is 0 Å². The van der Waals surface area contributed by atoms with E-state index in [-0.39, 0.29) is 0 Å². The van der Waals surface area contributed by atoms with Crippen molar-refractivity contribution in [2.24, 2.45) is 0 Å². The first-order chi connectivity index (χ1) is 21.8. The number of fused-ring (bicyclic) bond motifs is 3. The molecule has 0 unspecified atom stereocenters. The lowest BCUT2D eigenvalue weighted by molar-refractivity contribution is 1.17. The highest BCUT2D eigenvalue weighted by Crippen LogP contribution is 2.38. The van der Waals surface area contributed by atoms with E-state index in [1.54, 1.807) is 0 Å². The molecule has 44 heavy (non-hydrogen) atoms. The molecule has 0 saturated heterocycles. The fourth-order valence-corrected chi connectivity index (χ4v) is 6.29. The minimum absolute atomic E-state index is 1.11. The molecule has 0 aliphatic rings. The molecule has 208 valence electrons. The number of aromatic nitrogens is 1. The Balaban J connectivity index is 1.19. The molecule has 0 amide bonds. The second-order valence-corrected chi connectivity index (χ2v) is 11.1. The molecule has 2 nitrogen and oxygen atoms in total. The van der Waals surface area contributed by atoms with E-state index in [1.165, 1.54) is 44.1 Å². The van der Waals surface area contributed by atoms with Gasteiger partial charge in [-0.05, 0) is 82.9 Å². The third-order valence-corrected chi connectivity index (χ3v) is 8.39. The van der Waals surface area contributed by atoms with Crippen molar-refractivity contribution in [1.82, 2.24) is 4.57 Å². The zero-order chi connectivity index (χ0) is 29.3. The molecule has 2 heteroatoms. The Morgan fingerprint density at radius 3 is 1.41 bits per heavy atom. The maximum Gasteiger partial charge on any atom is 0.0541 e. The van der Waals surface area contributed by atoms with Crippen molar-refractivity contribution in [1.29, 1.82) is 0 Å². The van der Waals surface area contributed by atoms with Crippen LogP contribution in [0.4, 0.5) is 17.1 Å². The Labute approximate surface area is 257 Å². The molecular formula is C42H30N2. The largest absolute Gasteiger partial charge is 0.310 e. The van der Waals surface area contributed by atoms with E-state index in [4.69, 9.17) is 0 Å². The van der Waals surface area contributed by atoms with E-state index in [1.807, 2.05) is 0 Å². The van der Waals surface area contributed by atoms with Crippen LogP contribution in [-0.4, -0.2) is 4.57 Å². The standard InChI is InChI=1S/C42H30N2/c1-3-12-31(13-4-1)32-22-24-33(25-23-32)34-14-11-17-38(30-34)43(35-15-5-2-6-16-35)36-26-28-37(29-27-36)44-41-20-9-7-18-39(41)40-19-8-10-21-42(40)44/h1-30H. The summed E-state index contributed by atoms with van der Waals surface area (Å²) in [6.07, 6.45) is 0. The molecule has 0 atom stereocenters. The topological polar surface area (TPSA) is 8.17 Å². The van der Waals surface area contributed by atoms with Crippen molar-refractivity contribution in [3.8, 4) is 27.9 Å². The summed E-state index contributed by atoms with van der Waals surface area (Å²) in [5.74, 6) is 0. The maximum atomic E-state index is 2.36. The number of benzene rings is 7. The van der Waals surface area contributed by atoms with Gasteiger partial charge in [-0.3, -0.25) is 0 Å². The van der Waals surface area contributed by atoms with Crippen LogP contribution in [0.5, 0.6) is 0 Å². The fourth-order valence-electron chi connectivity index (χ4n) is 6.29. The van der Waals surface area contributed by atoms with Gasteiger partial charge < -0.3 is 9.47 Å². The molecule has 0 radical (unpaired) electrons. The van der Waals surface area contributed by atoms with Gasteiger partial charge in [0.05, 0.1) is 11.0 Å². The molecule has 0 saturated carbocycles. The molecule has 1 heterocycles. The van der Waals surface area contributed by atoms with Gasteiger partial charge in [0.2, 0.25) is 0 Å². The highest BCUT2D eigenvalue weighted by atomic mass is 15.1. The van der Waals surface area contributed by atoms with Gasteiger partial charge in [-0.2, -0.15) is 0 Å². The lowest BCUT2D eigenvalue weighted by Gasteiger charge is -2.26. The number of rotatable bonds is 6. The van der Waals surface area contributed by atoms with Crippen molar-refractivity contribution in [2.75, 3.05) is 4.90 Å². The number of anilines is 3. The summed E-state index contributed by atoms with van der Waals surface area (Å²) in [6.45, 7) is 0. The van der Waals surface area contributed by atoms with Crippen LogP contribution in [0.3, 0.4) is 0 Å². The Bertz CT molecular complexity index is 2140. The van der Waals surface area contributed by atoms with Gasteiger partial charge in [0.15, 0.2) is 0 Å². The smallest absolute Gasteiger partial charge is 0.0541 e. The predicted octanol–water partition coefficient (Wildman–Crippen LogP) is 11.6. The molecule has 8 rings (SSSR count). The van der Waals surface area contributed by atoms with Crippen LogP contribution in [0, 0.1) is 0 Å². The molecule has 0 N–H and O–H groups in total. The lowest BCUT2D eigenvalue weighted by Crippen LogP contribution is -2.10. The van der Waals surface area contributed by atoms with Gasteiger partial charge in [0, 0.05) is 33.5 Å². The maximum absolute atomic E-state index is 2.36. The van der Waals surface area contributed by atoms with Crippen LogP contribution < -0.4 is 4.90 Å². The second-order valence-electron chi connectivity index (χ2n) is 11.1.